The van der Waals surface area contributed by atoms with Crippen LogP contribution in [0, 0.1) is 13.8 Å². The lowest BCUT2D eigenvalue weighted by molar-refractivity contribution is -0.120. The molecule has 1 amide bonds. The highest BCUT2D eigenvalue weighted by atomic mass is 32.2. The third-order valence-corrected chi connectivity index (χ3v) is 7.34. The van der Waals surface area contributed by atoms with Crippen LogP contribution >= 0.6 is 0 Å². The molecule has 0 aliphatic carbocycles. The normalized spacial score (nSPS) is 12.1. The number of hydrogen-bond donors (Lipinski definition) is 1. The minimum Gasteiger partial charge on any atom is -0.496 e. The van der Waals surface area contributed by atoms with Crippen LogP contribution in [0.25, 0.3) is 0 Å². The number of sulfonamides is 1. The van der Waals surface area contributed by atoms with E-state index in [1.54, 1.807) is 37.4 Å². The van der Waals surface area contributed by atoms with Gasteiger partial charge < -0.3 is 10.1 Å². The second kappa shape index (κ2) is 10.5. The van der Waals surface area contributed by atoms with Gasteiger partial charge in [0.2, 0.25) is 5.91 Å². The molecule has 0 saturated carbocycles. The summed E-state index contributed by atoms with van der Waals surface area (Å²) in [6, 6.07) is 20.8. The van der Waals surface area contributed by atoms with Gasteiger partial charge in [-0.2, -0.15) is 0 Å². The van der Waals surface area contributed by atoms with Crippen molar-refractivity contribution in [1.82, 2.24) is 5.32 Å². The molecule has 6 nitrogen and oxygen atoms in total. The standard InChI is InChI=1S/C26H30N2O4S/c1-5-23(21-15-16-25(32-4)20(3)17-21)27-26(29)18-28(24-14-10-9-11-19(24)2)33(30,31)22-12-7-6-8-13-22/h6-17,23H,5,18H2,1-4H3,(H,27,29). The summed E-state index contributed by atoms with van der Waals surface area (Å²) in [6.45, 7) is 5.43. The monoisotopic (exact) mass is 466 g/mol. The lowest BCUT2D eigenvalue weighted by Crippen LogP contribution is -2.42. The van der Waals surface area contributed by atoms with Gasteiger partial charge in [-0.05, 0) is 61.2 Å². The van der Waals surface area contributed by atoms with Gasteiger partial charge in [0.15, 0.2) is 0 Å². The van der Waals surface area contributed by atoms with Gasteiger partial charge in [-0.15, -0.1) is 0 Å². The molecule has 1 unspecified atom stereocenters. The van der Waals surface area contributed by atoms with E-state index in [-0.39, 0.29) is 23.4 Å². The fourth-order valence-corrected chi connectivity index (χ4v) is 5.28. The van der Waals surface area contributed by atoms with Crippen LogP contribution in [0.15, 0.2) is 77.7 Å². The van der Waals surface area contributed by atoms with Gasteiger partial charge in [0, 0.05) is 0 Å². The zero-order chi connectivity index (χ0) is 24.0. The molecule has 1 atom stereocenters. The van der Waals surface area contributed by atoms with Crippen molar-refractivity contribution in [1.29, 1.82) is 0 Å². The van der Waals surface area contributed by atoms with Gasteiger partial charge in [0.05, 0.1) is 23.7 Å². The van der Waals surface area contributed by atoms with Crippen molar-refractivity contribution in [2.45, 2.75) is 38.1 Å². The number of carbonyl (C=O) groups excluding carboxylic acids is 1. The maximum Gasteiger partial charge on any atom is 0.264 e. The number of aryl methyl sites for hydroxylation is 2. The van der Waals surface area contributed by atoms with Crippen molar-refractivity contribution in [3.63, 3.8) is 0 Å². The first-order chi connectivity index (χ1) is 15.8. The number of methoxy groups -OCH3 is 1. The molecule has 3 aromatic rings. The Balaban J connectivity index is 1.90. The Bertz CT molecular complexity index is 1210. The number of nitrogens with zero attached hydrogens (tertiary/aromatic N) is 1. The van der Waals surface area contributed by atoms with Gasteiger partial charge in [0.1, 0.15) is 12.3 Å². The summed E-state index contributed by atoms with van der Waals surface area (Å²) < 4.78 is 33.5. The summed E-state index contributed by atoms with van der Waals surface area (Å²) in [6.07, 6.45) is 0.660. The number of benzene rings is 3. The third-order valence-electron chi connectivity index (χ3n) is 5.57. The Morgan fingerprint density at radius 1 is 0.970 bits per heavy atom. The van der Waals surface area contributed by atoms with Crippen LogP contribution in [0.1, 0.15) is 36.1 Å². The summed E-state index contributed by atoms with van der Waals surface area (Å²) in [7, 11) is -2.32. The van der Waals surface area contributed by atoms with Gasteiger partial charge in [0.25, 0.3) is 10.0 Å². The molecular weight excluding hydrogens is 436 g/mol. The Labute approximate surface area is 196 Å². The first-order valence-corrected chi connectivity index (χ1v) is 12.3. The Morgan fingerprint density at radius 2 is 1.64 bits per heavy atom. The molecule has 0 aliphatic heterocycles. The Hall–Kier alpha value is -3.32. The van der Waals surface area contributed by atoms with Gasteiger partial charge in [-0.25, -0.2) is 8.42 Å². The molecule has 0 radical (unpaired) electrons. The molecular formula is C26H30N2O4S. The maximum atomic E-state index is 13.5. The van der Waals surface area contributed by atoms with Crippen LogP contribution in [0.2, 0.25) is 0 Å². The van der Waals surface area contributed by atoms with Crippen molar-refractivity contribution in [3.05, 3.63) is 89.5 Å². The Morgan fingerprint density at radius 3 is 2.24 bits per heavy atom. The van der Waals surface area contributed by atoms with Crippen LogP contribution in [0.3, 0.4) is 0 Å². The maximum absolute atomic E-state index is 13.5. The average molecular weight is 467 g/mol. The summed E-state index contributed by atoms with van der Waals surface area (Å²) in [5.74, 6) is 0.401. The van der Waals surface area contributed by atoms with Crippen LogP contribution in [0.4, 0.5) is 5.69 Å². The van der Waals surface area contributed by atoms with Crippen LogP contribution in [-0.4, -0.2) is 28.0 Å². The summed E-state index contributed by atoms with van der Waals surface area (Å²) in [5, 5.41) is 3.01. The lowest BCUT2D eigenvalue weighted by Gasteiger charge is -2.27. The molecule has 33 heavy (non-hydrogen) atoms. The fraction of sp³-hybridized carbons (Fsp3) is 0.269. The molecule has 0 heterocycles. The molecule has 0 aromatic heterocycles. The van der Waals surface area contributed by atoms with Gasteiger partial charge >= 0.3 is 0 Å². The molecule has 0 aliphatic rings. The van der Waals surface area contributed by atoms with Crippen LogP contribution in [-0.2, 0) is 14.8 Å². The highest BCUT2D eigenvalue weighted by molar-refractivity contribution is 7.92. The number of nitrogens with one attached hydrogen (secondary N) is 1. The first-order valence-electron chi connectivity index (χ1n) is 10.8. The molecule has 3 rings (SSSR count). The van der Waals surface area contributed by atoms with E-state index in [9.17, 15) is 13.2 Å². The SMILES string of the molecule is CCC(NC(=O)CN(c1ccccc1C)S(=O)(=O)c1ccccc1)c1ccc(OC)c(C)c1. The van der Waals surface area contributed by atoms with Crippen molar-refractivity contribution in [3.8, 4) is 5.75 Å². The van der Waals surface area contributed by atoms with Crippen molar-refractivity contribution >= 4 is 21.6 Å². The van der Waals surface area contributed by atoms with Crippen LogP contribution < -0.4 is 14.4 Å². The third kappa shape index (κ3) is 5.54. The minimum atomic E-state index is -3.94. The van der Waals surface area contributed by atoms with E-state index in [1.165, 1.54) is 16.4 Å². The van der Waals surface area contributed by atoms with Gasteiger partial charge in [-0.1, -0.05) is 55.5 Å². The smallest absolute Gasteiger partial charge is 0.264 e. The molecule has 0 fully saturated rings. The molecule has 0 bridgehead atoms. The fourth-order valence-electron chi connectivity index (χ4n) is 3.77. The van der Waals surface area contributed by atoms with Crippen LogP contribution in [0.5, 0.6) is 5.75 Å². The predicted octanol–water partition coefficient (Wildman–Crippen LogP) is 4.77. The number of rotatable bonds is 9. The van der Waals surface area contributed by atoms with Crippen molar-refractivity contribution < 1.29 is 17.9 Å². The molecule has 0 spiro atoms. The summed E-state index contributed by atoms with van der Waals surface area (Å²) >= 11 is 0. The molecule has 1 N–H and O–H groups in total. The zero-order valence-electron chi connectivity index (χ0n) is 19.4. The first kappa shape index (κ1) is 24.3. The van der Waals surface area contributed by atoms with E-state index in [1.807, 2.05) is 51.1 Å². The highest BCUT2D eigenvalue weighted by Crippen LogP contribution is 2.27. The quantitative estimate of drug-likeness (QED) is 0.493. The van der Waals surface area contributed by atoms with E-state index in [0.29, 0.717) is 12.1 Å². The highest BCUT2D eigenvalue weighted by Gasteiger charge is 2.28. The van der Waals surface area contributed by atoms with E-state index in [2.05, 4.69) is 5.32 Å². The minimum absolute atomic E-state index is 0.138. The number of ether oxygens (including phenoxy) is 1. The number of anilines is 1. The number of para-hydroxylation sites is 1. The van der Waals surface area contributed by atoms with E-state index >= 15 is 0 Å². The van der Waals surface area contributed by atoms with E-state index in [0.717, 1.165) is 22.4 Å². The van der Waals surface area contributed by atoms with Gasteiger partial charge in [-0.3, -0.25) is 9.10 Å². The molecule has 7 heteroatoms. The topological polar surface area (TPSA) is 75.7 Å². The average Bonchev–Trinajstić information content (AvgIpc) is 2.82. The lowest BCUT2D eigenvalue weighted by atomic mass is 10.0. The number of carbonyl (C=O) groups is 1. The summed E-state index contributed by atoms with van der Waals surface area (Å²) in [4.78, 5) is 13.3. The van der Waals surface area contributed by atoms with Crippen molar-refractivity contribution in [2.75, 3.05) is 18.0 Å². The number of hydrogen-bond acceptors (Lipinski definition) is 4. The molecule has 3 aromatic carbocycles. The number of amides is 1. The second-order valence-corrected chi connectivity index (χ2v) is 9.73. The predicted molar refractivity (Wildman–Crippen MR) is 131 cm³/mol. The summed E-state index contributed by atoms with van der Waals surface area (Å²) in [5.41, 5.74) is 3.15. The van der Waals surface area contributed by atoms with E-state index < -0.39 is 10.0 Å². The molecule has 174 valence electrons. The van der Waals surface area contributed by atoms with Crippen molar-refractivity contribution in [2.24, 2.45) is 0 Å². The molecule has 0 saturated heterocycles. The largest absolute Gasteiger partial charge is 0.496 e. The second-order valence-electron chi connectivity index (χ2n) is 7.87. The Kier molecular flexibility index (Phi) is 7.76. The zero-order valence-corrected chi connectivity index (χ0v) is 20.2. The van der Waals surface area contributed by atoms with E-state index in [4.69, 9.17) is 4.74 Å².